The third-order valence-corrected chi connectivity index (χ3v) is 4.44. The fraction of sp³-hybridized carbons (Fsp3) is 0. The highest BCUT2D eigenvalue weighted by molar-refractivity contribution is 7.92. The number of nitro benzene ring substituents is 1. The summed E-state index contributed by atoms with van der Waals surface area (Å²) in [5.41, 5.74) is 5.89. The third-order valence-electron chi connectivity index (χ3n) is 2.58. The van der Waals surface area contributed by atoms with Gasteiger partial charge >= 0.3 is 0 Å². The molecule has 0 aromatic heterocycles. The predicted octanol–water partition coefficient (Wildman–Crippen LogP) is 2.63. The molecule has 0 aliphatic rings. The van der Waals surface area contributed by atoms with Crippen molar-refractivity contribution in [2.75, 3.05) is 10.5 Å². The van der Waals surface area contributed by atoms with Crippen LogP contribution in [0.25, 0.3) is 0 Å². The summed E-state index contributed by atoms with van der Waals surface area (Å²) in [6, 6.07) is 9.18. The summed E-state index contributed by atoms with van der Waals surface area (Å²) < 4.78 is 26.7. The van der Waals surface area contributed by atoms with Crippen LogP contribution in [-0.2, 0) is 10.0 Å². The molecule has 7 nitrogen and oxygen atoms in total. The molecule has 9 heteroatoms. The van der Waals surface area contributed by atoms with Crippen LogP contribution in [0.15, 0.2) is 47.4 Å². The first-order valence-electron chi connectivity index (χ1n) is 5.62. The molecule has 2 rings (SSSR count). The van der Waals surface area contributed by atoms with Crippen molar-refractivity contribution in [1.82, 2.24) is 0 Å². The van der Waals surface area contributed by atoms with Gasteiger partial charge in [-0.2, -0.15) is 0 Å². The molecule has 0 heterocycles. The molecule has 0 unspecified atom stereocenters. The molecule has 2 aromatic carbocycles. The molecule has 0 spiro atoms. The monoisotopic (exact) mass is 327 g/mol. The lowest BCUT2D eigenvalue weighted by molar-refractivity contribution is -0.385. The Bertz CT molecular complexity index is 791. The number of nitrogens with zero attached hydrogens (tertiary/aromatic N) is 1. The van der Waals surface area contributed by atoms with Gasteiger partial charge < -0.3 is 5.73 Å². The highest BCUT2D eigenvalue weighted by Crippen LogP contribution is 2.27. The van der Waals surface area contributed by atoms with Gasteiger partial charge in [-0.25, -0.2) is 8.42 Å². The minimum absolute atomic E-state index is 0.108. The van der Waals surface area contributed by atoms with E-state index in [4.69, 9.17) is 17.3 Å². The molecule has 2 aromatic rings. The molecule has 0 fully saturated rings. The highest BCUT2D eigenvalue weighted by atomic mass is 35.5. The van der Waals surface area contributed by atoms with E-state index in [0.717, 1.165) is 18.2 Å². The maximum Gasteiger partial charge on any atom is 0.270 e. The first-order valence-corrected chi connectivity index (χ1v) is 7.48. The molecule has 0 saturated carbocycles. The minimum Gasteiger partial charge on any atom is -0.399 e. The highest BCUT2D eigenvalue weighted by Gasteiger charge is 2.21. The molecule has 0 saturated heterocycles. The van der Waals surface area contributed by atoms with Crippen LogP contribution in [0.2, 0.25) is 5.02 Å². The summed E-state index contributed by atoms with van der Waals surface area (Å²) in [6.45, 7) is 0. The lowest BCUT2D eigenvalue weighted by Gasteiger charge is -2.09. The largest absolute Gasteiger partial charge is 0.399 e. The average molecular weight is 328 g/mol. The van der Waals surface area contributed by atoms with Gasteiger partial charge in [-0.3, -0.25) is 14.8 Å². The molecular weight excluding hydrogens is 318 g/mol. The third kappa shape index (κ3) is 3.41. The summed E-state index contributed by atoms with van der Waals surface area (Å²) >= 11 is 5.82. The Morgan fingerprint density at radius 1 is 1.14 bits per heavy atom. The number of benzene rings is 2. The normalized spacial score (nSPS) is 11.1. The smallest absolute Gasteiger partial charge is 0.270 e. The zero-order valence-electron chi connectivity index (χ0n) is 10.5. The summed E-state index contributed by atoms with van der Waals surface area (Å²) in [5, 5.41) is 10.6. The van der Waals surface area contributed by atoms with E-state index >= 15 is 0 Å². The number of nitrogens with two attached hydrogens (primary N) is 1. The van der Waals surface area contributed by atoms with E-state index in [1.807, 2.05) is 0 Å². The van der Waals surface area contributed by atoms with Crippen molar-refractivity contribution >= 4 is 38.7 Å². The van der Waals surface area contributed by atoms with E-state index in [9.17, 15) is 18.5 Å². The number of non-ortho nitro benzene ring substituents is 1. The maximum atomic E-state index is 12.2. The van der Waals surface area contributed by atoms with E-state index in [1.54, 1.807) is 0 Å². The van der Waals surface area contributed by atoms with E-state index in [-0.39, 0.29) is 21.3 Å². The predicted molar refractivity (Wildman–Crippen MR) is 79.8 cm³/mol. The van der Waals surface area contributed by atoms with Gasteiger partial charge in [-0.1, -0.05) is 11.6 Å². The number of hydrogen-bond acceptors (Lipinski definition) is 5. The Balaban J connectivity index is 2.41. The van der Waals surface area contributed by atoms with Crippen molar-refractivity contribution in [2.45, 2.75) is 4.90 Å². The number of anilines is 2. The van der Waals surface area contributed by atoms with Gasteiger partial charge in [-0.05, 0) is 30.3 Å². The van der Waals surface area contributed by atoms with Crippen LogP contribution in [-0.4, -0.2) is 13.3 Å². The van der Waals surface area contributed by atoms with Gasteiger partial charge in [0.2, 0.25) is 0 Å². The van der Waals surface area contributed by atoms with Crippen molar-refractivity contribution < 1.29 is 13.3 Å². The van der Waals surface area contributed by atoms with Gasteiger partial charge in [0.1, 0.15) is 4.90 Å². The van der Waals surface area contributed by atoms with Crippen LogP contribution in [0.3, 0.4) is 0 Å². The Morgan fingerprint density at radius 3 is 2.33 bits per heavy atom. The molecule has 0 aliphatic carbocycles. The average Bonchev–Trinajstić information content (AvgIpc) is 2.41. The number of hydrogen-bond donors (Lipinski definition) is 2. The van der Waals surface area contributed by atoms with Crippen molar-refractivity contribution in [3.8, 4) is 0 Å². The lowest BCUT2D eigenvalue weighted by atomic mass is 10.3. The first-order chi connectivity index (χ1) is 9.79. The van der Waals surface area contributed by atoms with E-state index in [1.165, 1.54) is 24.3 Å². The number of rotatable bonds is 4. The second-order valence-corrected chi connectivity index (χ2v) is 6.16. The van der Waals surface area contributed by atoms with Crippen LogP contribution < -0.4 is 10.5 Å². The first kappa shape index (κ1) is 15.1. The molecule has 0 radical (unpaired) electrons. The molecule has 0 aliphatic heterocycles. The Morgan fingerprint density at radius 2 is 1.76 bits per heavy atom. The standard InChI is InChI=1S/C12H10ClN3O4S/c13-11-6-5-10(16(17)18)7-12(11)21(19,20)15-9-3-1-8(14)2-4-9/h1-7,15H,14H2. The SMILES string of the molecule is Nc1ccc(NS(=O)(=O)c2cc([N+](=O)[O-])ccc2Cl)cc1. The zero-order chi connectivity index (χ0) is 15.6. The summed E-state index contributed by atoms with van der Waals surface area (Å²) in [6.07, 6.45) is 0. The Kier molecular flexibility index (Phi) is 4.01. The molecule has 0 amide bonds. The van der Waals surface area contributed by atoms with Gasteiger partial charge in [0.25, 0.3) is 15.7 Å². The molecular formula is C12H10ClN3O4S. The minimum atomic E-state index is -4.04. The van der Waals surface area contributed by atoms with Crippen LogP contribution in [0, 0.1) is 10.1 Å². The molecule has 110 valence electrons. The van der Waals surface area contributed by atoms with Gasteiger partial charge in [-0.15, -0.1) is 0 Å². The van der Waals surface area contributed by atoms with Crippen LogP contribution in [0.4, 0.5) is 17.1 Å². The second kappa shape index (κ2) is 5.58. The van der Waals surface area contributed by atoms with Crippen LogP contribution >= 0.6 is 11.6 Å². The number of nitrogen functional groups attached to an aromatic ring is 1. The van der Waals surface area contributed by atoms with E-state index in [2.05, 4.69) is 4.72 Å². The van der Waals surface area contributed by atoms with Crippen LogP contribution in [0.1, 0.15) is 0 Å². The molecule has 21 heavy (non-hydrogen) atoms. The number of halogens is 1. The van der Waals surface area contributed by atoms with Gasteiger partial charge in [0, 0.05) is 23.5 Å². The lowest BCUT2D eigenvalue weighted by Crippen LogP contribution is -2.13. The number of nitro groups is 1. The number of nitrogens with one attached hydrogen (secondary N) is 1. The Labute approximate surface area is 125 Å². The summed E-state index contributed by atoms with van der Waals surface area (Å²) in [7, 11) is -4.04. The fourth-order valence-electron chi connectivity index (χ4n) is 1.57. The van der Waals surface area contributed by atoms with Crippen molar-refractivity contribution in [3.05, 3.63) is 57.6 Å². The van der Waals surface area contributed by atoms with Crippen molar-refractivity contribution in [1.29, 1.82) is 0 Å². The van der Waals surface area contributed by atoms with Crippen molar-refractivity contribution in [3.63, 3.8) is 0 Å². The molecule has 0 bridgehead atoms. The van der Waals surface area contributed by atoms with E-state index in [0.29, 0.717) is 5.69 Å². The molecule has 3 N–H and O–H groups in total. The summed E-state index contributed by atoms with van der Waals surface area (Å²) in [5.74, 6) is 0. The van der Waals surface area contributed by atoms with Crippen molar-refractivity contribution in [2.24, 2.45) is 0 Å². The molecule has 0 atom stereocenters. The summed E-state index contributed by atoms with van der Waals surface area (Å²) in [4.78, 5) is 9.66. The maximum absolute atomic E-state index is 12.2. The topological polar surface area (TPSA) is 115 Å². The quantitative estimate of drug-likeness (QED) is 0.508. The van der Waals surface area contributed by atoms with E-state index < -0.39 is 14.9 Å². The second-order valence-electron chi connectivity index (χ2n) is 4.10. The van der Waals surface area contributed by atoms with Crippen LogP contribution in [0.5, 0.6) is 0 Å². The number of sulfonamides is 1. The van der Waals surface area contributed by atoms with Gasteiger partial charge in [0.05, 0.1) is 9.95 Å². The fourth-order valence-corrected chi connectivity index (χ4v) is 3.15. The van der Waals surface area contributed by atoms with Gasteiger partial charge in [0.15, 0.2) is 0 Å². The zero-order valence-corrected chi connectivity index (χ0v) is 12.1. The Hall–Kier alpha value is -2.32.